The highest BCUT2D eigenvalue weighted by molar-refractivity contribution is 5.76. The van der Waals surface area contributed by atoms with Crippen molar-refractivity contribution >= 4 is 5.91 Å². The third-order valence-corrected chi connectivity index (χ3v) is 8.26. The van der Waals surface area contributed by atoms with Gasteiger partial charge in [0.1, 0.15) is 0 Å². The molecular formula is C40H73NO3. The topological polar surface area (TPSA) is 69.6 Å². The zero-order chi connectivity index (χ0) is 32.2. The zero-order valence-electron chi connectivity index (χ0n) is 29.2. The minimum absolute atomic E-state index is 0.0897. The molecule has 0 aliphatic rings. The Morgan fingerprint density at radius 1 is 0.523 bits per heavy atom. The average Bonchev–Trinajstić information content (AvgIpc) is 3.03. The van der Waals surface area contributed by atoms with Crippen LogP contribution in [0.2, 0.25) is 0 Å². The van der Waals surface area contributed by atoms with Crippen molar-refractivity contribution in [2.24, 2.45) is 0 Å². The van der Waals surface area contributed by atoms with Crippen LogP contribution in [0, 0.1) is 0 Å². The number of aliphatic hydroxyl groups excluding tert-OH is 2. The van der Waals surface area contributed by atoms with E-state index in [0.29, 0.717) is 6.42 Å². The molecule has 0 radical (unpaired) electrons. The number of rotatable bonds is 33. The fourth-order valence-corrected chi connectivity index (χ4v) is 5.32. The van der Waals surface area contributed by atoms with Gasteiger partial charge >= 0.3 is 0 Å². The Balaban J connectivity index is 3.73. The molecule has 0 bridgehead atoms. The maximum atomic E-state index is 12.3. The zero-order valence-corrected chi connectivity index (χ0v) is 29.2. The van der Waals surface area contributed by atoms with Crippen molar-refractivity contribution in [3.63, 3.8) is 0 Å². The van der Waals surface area contributed by atoms with E-state index < -0.39 is 12.1 Å². The van der Waals surface area contributed by atoms with Crippen LogP contribution in [0.5, 0.6) is 0 Å². The number of carbonyl (C=O) groups excluding carboxylic acids is 1. The van der Waals surface area contributed by atoms with Gasteiger partial charge in [0.2, 0.25) is 5.91 Å². The third-order valence-electron chi connectivity index (χ3n) is 8.26. The predicted molar refractivity (Wildman–Crippen MR) is 193 cm³/mol. The number of nitrogens with one attached hydrogen (secondary N) is 1. The second-order valence-corrected chi connectivity index (χ2v) is 12.6. The summed E-state index contributed by atoms with van der Waals surface area (Å²) in [5.74, 6) is -0.0897. The van der Waals surface area contributed by atoms with Crippen LogP contribution in [0.1, 0.15) is 181 Å². The van der Waals surface area contributed by atoms with Crippen LogP contribution in [-0.4, -0.2) is 34.9 Å². The van der Waals surface area contributed by atoms with Crippen LogP contribution in [-0.2, 0) is 4.79 Å². The van der Waals surface area contributed by atoms with Crippen molar-refractivity contribution in [2.75, 3.05) is 6.61 Å². The van der Waals surface area contributed by atoms with Crippen molar-refractivity contribution in [3.8, 4) is 0 Å². The van der Waals surface area contributed by atoms with Gasteiger partial charge in [-0.2, -0.15) is 0 Å². The van der Waals surface area contributed by atoms with E-state index in [1.54, 1.807) is 6.08 Å². The molecule has 44 heavy (non-hydrogen) atoms. The van der Waals surface area contributed by atoms with Crippen LogP contribution in [0.15, 0.2) is 48.6 Å². The van der Waals surface area contributed by atoms with E-state index >= 15 is 0 Å². The molecule has 0 aromatic rings. The summed E-state index contributed by atoms with van der Waals surface area (Å²) >= 11 is 0. The minimum Gasteiger partial charge on any atom is -0.394 e. The van der Waals surface area contributed by atoms with E-state index in [9.17, 15) is 15.0 Å². The Kier molecular flexibility index (Phi) is 34.5. The molecule has 2 unspecified atom stereocenters. The van der Waals surface area contributed by atoms with Gasteiger partial charge in [0, 0.05) is 6.42 Å². The van der Waals surface area contributed by atoms with Gasteiger partial charge in [0.25, 0.3) is 0 Å². The number of allylic oxidation sites excluding steroid dienone is 7. The molecular weight excluding hydrogens is 542 g/mol. The Morgan fingerprint density at radius 2 is 0.886 bits per heavy atom. The molecule has 0 rings (SSSR count). The summed E-state index contributed by atoms with van der Waals surface area (Å²) in [4.78, 5) is 12.3. The van der Waals surface area contributed by atoms with Crippen molar-refractivity contribution in [2.45, 2.75) is 193 Å². The van der Waals surface area contributed by atoms with Gasteiger partial charge in [-0.15, -0.1) is 0 Å². The normalized spacial score (nSPS) is 13.6. The fourth-order valence-electron chi connectivity index (χ4n) is 5.32. The van der Waals surface area contributed by atoms with E-state index in [0.717, 1.165) is 51.4 Å². The lowest BCUT2D eigenvalue weighted by Gasteiger charge is -2.19. The number of amides is 1. The molecule has 0 heterocycles. The molecule has 0 spiro atoms. The Labute approximate surface area is 274 Å². The van der Waals surface area contributed by atoms with Crippen molar-refractivity contribution < 1.29 is 15.0 Å². The first-order valence-electron chi connectivity index (χ1n) is 18.9. The quantitative estimate of drug-likeness (QED) is 0.0508. The second kappa shape index (κ2) is 35.8. The highest BCUT2D eigenvalue weighted by Gasteiger charge is 2.17. The molecule has 0 aromatic carbocycles. The molecule has 0 fully saturated rings. The number of aliphatic hydroxyl groups is 2. The summed E-state index contributed by atoms with van der Waals surface area (Å²) < 4.78 is 0. The van der Waals surface area contributed by atoms with Gasteiger partial charge in [-0.3, -0.25) is 4.79 Å². The van der Waals surface area contributed by atoms with Crippen LogP contribution in [0.25, 0.3) is 0 Å². The van der Waals surface area contributed by atoms with E-state index in [4.69, 9.17) is 0 Å². The van der Waals surface area contributed by atoms with Gasteiger partial charge in [0.05, 0.1) is 18.8 Å². The van der Waals surface area contributed by atoms with E-state index in [2.05, 4.69) is 55.6 Å². The van der Waals surface area contributed by atoms with Crippen LogP contribution < -0.4 is 5.32 Å². The largest absolute Gasteiger partial charge is 0.394 e. The Morgan fingerprint density at radius 3 is 1.32 bits per heavy atom. The molecule has 3 N–H and O–H groups in total. The lowest BCUT2D eigenvalue weighted by atomic mass is 10.1. The second-order valence-electron chi connectivity index (χ2n) is 12.6. The Hall–Kier alpha value is -1.65. The van der Waals surface area contributed by atoms with E-state index in [-0.39, 0.29) is 12.5 Å². The molecule has 0 aliphatic heterocycles. The number of unbranched alkanes of at least 4 members (excludes halogenated alkanes) is 20. The number of carbonyl (C=O) groups is 1. The lowest BCUT2D eigenvalue weighted by molar-refractivity contribution is -0.123. The van der Waals surface area contributed by atoms with Gasteiger partial charge in [0.15, 0.2) is 0 Å². The monoisotopic (exact) mass is 616 g/mol. The van der Waals surface area contributed by atoms with Crippen molar-refractivity contribution in [3.05, 3.63) is 48.6 Å². The smallest absolute Gasteiger partial charge is 0.220 e. The highest BCUT2D eigenvalue weighted by Crippen LogP contribution is 2.11. The molecule has 256 valence electrons. The maximum absolute atomic E-state index is 12.3. The molecule has 2 atom stereocenters. The third kappa shape index (κ3) is 31.8. The highest BCUT2D eigenvalue weighted by atomic mass is 16.3. The first kappa shape index (κ1) is 42.3. The minimum atomic E-state index is -0.872. The van der Waals surface area contributed by atoms with Gasteiger partial charge < -0.3 is 15.5 Å². The van der Waals surface area contributed by atoms with Crippen LogP contribution in [0.4, 0.5) is 0 Å². The predicted octanol–water partition coefficient (Wildman–Crippen LogP) is 11.2. The summed E-state index contributed by atoms with van der Waals surface area (Å²) in [7, 11) is 0. The molecule has 4 heteroatoms. The molecule has 0 saturated carbocycles. The van der Waals surface area contributed by atoms with Gasteiger partial charge in [-0.05, 0) is 70.6 Å². The van der Waals surface area contributed by atoms with E-state index in [1.165, 1.54) is 109 Å². The number of hydrogen-bond donors (Lipinski definition) is 3. The molecule has 0 saturated heterocycles. The van der Waals surface area contributed by atoms with Gasteiger partial charge in [-0.25, -0.2) is 0 Å². The van der Waals surface area contributed by atoms with E-state index in [1.807, 2.05) is 6.08 Å². The summed E-state index contributed by atoms with van der Waals surface area (Å²) in [6.45, 7) is 4.26. The van der Waals surface area contributed by atoms with Gasteiger partial charge in [-0.1, -0.05) is 152 Å². The summed E-state index contributed by atoms with van der Waals surface area (Å²) in [5, 5.41) is 22.9. The molecule has 0 aromatic heterocycles. The van der Waals surface area contributed by atoms with Crippen LogP contribution in [0.3, 0.4) is 0 Å². The molecule has 0 aliphatic carbocycles. The average molecular weight is 616 g/mol. The maximum Gasteiger partial charge on any atom is 0.220 e. The summed E-state index contributed by atoms with van der Waals surface area (Å²) in [6, 6.07) is -0.648. The Bertz CT molecular complexity index is 711. The molecule has 4 nitrogen and oxygen atoms in total. The summed E-state index contributed by atoms with van der Waals surface area (Å²) in [6.07, 6.45) is 47.7. The standard InChI is InChI=1S/C40H73NO3/c1-3-5-7-9-11-13-15-17-19-20-21-22-23-25-27-29-31-33-35-39(43)38(37-42)41-40(44)36-34-32-30-28-26-24-18-16-14-12-10-8-6-4-2/h16,18,20-21,25,27,33,35,38-39,42-43H,3-15,17,19,22-24,26,28-32,34,36-37H2,1-2H3,(H,41,44)/b18-16-,21-20+,27-25+,35-33+. The first-order chi connectivity index (χ1) is 21.7. The fraction of sp³-hybridized carbons (Fsp3) is 0.775. The number of hydrogen-bond acceptors (Lipinski definition) is 3. The SMILES string of the molecule is CCCCCCC/C=C\CCCCCCCC(=O)NC(CO)C(O)/C=C/CC/C=C/CC/C=C/CCCCCCCCCC. The van der Waals surface area contributed by atoms with Crippen molar-refractivity contribution in [1.82, 2.24) is 5.32 Å². The van der Waals surface area contributed by atoms with Crippen molar-refractivity contribution in [1.29, 1.82) is 0 Å². The lowest BCUT2D eigenvalue weighted by Crippen LogP contribution is -2.45. The summed E-state index contributed by atoms with van der Waals surface area (Å²) in [5.41, 5.74) is 0. The van der Waals surface area contributed by atoms with Crippen LogP contribution >= 0.6 is 0 Å². The molecule has 1 amide bonds. The first-order valence-corrected chi connectivity index (χ1v) is 18.9.